The number of rotatable bonds is 4. The van der Waals surface area contributed by atoms with Crippen molar-refractivity contribution in [2.24, 2.45) is 0 Å². The first-order chi connectivity index (χ1) is 13.5. The van der Waals surface area contributed by atoms with E-state index in [2.05, 4.69) is 31.3 Å². The summed E-state index contributed by atoms with van der Waals surface area (Å²) < 4.78 is 28.9. The molecule has 0 aliphatic carbocycles. The molecule has 8 heteroatoms. The number of hydrogen-bond acceptors (Lipinski definition) is 3. The Morgan fingerprint density at radius 2 is 1.79 bits per heavy atom. The zero-order valence-electron chi connectivity index (χ0n) is 14.3. The predicted molar refractivity (Wildman–Crippen MR) is 105 cm³/mol. The van der Waals surface area contributed by atoms with Gasteiger partial charge in [-0.25, -0.2) is 18.3 Å². The Morgan fingerprint density at radius 3 is 2.50 bits per heavy atom. The van der Waals surface area contributed by atoms with Crippen LogP contribution in [-0.2, 0) is 0 Å². The summed E-state index contributed by atoms with van der Waals surface area (Å²) in [6.07, 6.45) is -1.53. The Labute approximate surface area is 167 Å². The molecule has 0 saturated heterocycles. The predicted octanol–water partition coefficient (Wildman–Crippen LogP) is 5.35. The zero-order valence-corrected chi connectivity index (χ0v) is 15.9. The molecule has 4 rings (SSSR count). The number of hydrogen-bond donors (Lipinski definition) is 1. The van der Waals surface area contributed by atoms with Crippen LogP contribution in [0.5, 0.6) is 0 Å². The van der Waals surface area contributed by atoms with Gasteiger partial charge in [0.15, 0.2) is 5.65 Å². The average molecular weight is 443 g/mol. The van der Waals surface area contributed by atoms with Gasteiger partial charge in [0.2, 0.25) is 0 Å². The summed E-state index contributed by atoms with van der Waals surface area (Å²) in [4.78, 5) is 17.2. The number of benzene rings is 2. The van der Waals surface area contributed by atoms with E-state index in [9.17, 15) is 13.6 Å². The number of amides is 1. The second-order valence-electron chi connectivity index (χ2n) is 5.96. The zero-order chi connectivity index (χ0) is 19.7. The lowest BCUT2D eigenvalue weighted by Crippen LogP contribution is -2.13. The standard InChI is InChI=1S/C20H13BrF2N4O/c21-14-8-4-5-9-15(14)26-20(28)13-11-24-27-17(18(22)23)10-16(25-19(13)27)12-6-2-1-3-7-12/h1-11,18H,(H,26,28). The summed E-state index contributed by atoms with van der Waals surface area (Å²) >= 11 is 3.36. The third-order valence-electron chi connectivity index (χ3n) is 4.16. The van der Waals surface area contributed by atoms with Crippen LogP contribution in [0.4, 0.5) is 14.5 Å². The number of anilines is 1. The van der Waals surface area contributed by atoms with Crippen molar-refractivity contribution in [2.75, 3.05) is 5.32 Å². The number of para-hydroxylation sites is 1. The number of fused-ring (bicyclic) bond motifs is 1. The summed E-state index contributed by atoms with van der Waals surface area (Å²) in [6, 6.07) is 17.3. The number of halogens is 3. The minimum absolute atomic E-state index is 0.0706. The van der Waals surface area contributed by atoms with Crippen LogP contribution >= 0.6 is 15.9 Å². The SMILES string of the molecule is O=C(Nc1ccccc1Br)c1cnn2c(C(F)F)cc(-c3ccccc3)nc12. The fourth-order valence-corrected chi connectivity index (χ4v) is 3.19. The highest BCUT2D eigenvalue weighted by molar-refractivity contribution is 9.10. The van der Waals surface area contributed by atoms with Gasteiger partial charge in [-0.05, 0) is 34.1 Å². The van der Waals surface area contributed by atoms with Crippen molar-refractivity contribution in [3.63, 3.8) is 0 Å². The van der Waals surface area contributed by atoms with Gasteiger partial charge in [-0.15, -0.1) is 0 Å². The molecule has 4 aromatic rings. The molecule has 2 heterocycles. The number of alkyl halides is 2. The topological polar surface area (TPSA) is 59.3 Å². The van der Waals surface area contributed by atoms with Gasteiger partial charge >= 0.3 is 0 Å². The van der Waals surface area contributed by atoms with E-state index in [0.29, 0.717) is 21.4 Å². The normalized spacial score (nSPS) is 11.1. The number of carbonyl (C=O) groups is 1. The summed E-state index contributed by atoms with van der Waals surface area (Å²) in [7, 11) is 0. The molecular formula is C20H13BrF2N4O. The fraction of sp³-hybridized carbons (Fsp3) is 0.0500. The van der Waals surface area contributed by atoms with E-state index in [1.807, 2.05) is 12.1 Å². The quantitative estimate of drug-likeness (QED) is 0.463. The molecule has 0 radical (unpaired) electrons. The minimum Gasteiger partial charge on any atom is -0.321 e. The lowest BCUT2D eigenvalue weighted by atomic mass is 10.1. The highest BCUT2D eigenvalue weighted by atomic mass is 79.9. The molecule has 0 aliphatic heterocycles. The van der Waals surface area contributed by atoms with Crippen LogP contribution in [0, 0.1) is 0 Å². The van der Waals surface area contributed by atoms with Crippen LogP contribution in [0.3, 0.4) is 0 Å². The molecule has 2 aromatic carbocycles. The van der Waals surface area contributed by atoms with E-state index in [0.717, 1.165) is 4.52 Å². The highest BCUT2D eigenvalue weighted by Crippen LogP contribution is 2.27. The third-order valence-corrected chi connectivity index (χ3v) is 4.85. The molecule has 5 nitrogen and oxygen atoms in total. The van der Waals surface area contributed by atoms with Crippen molar-refractivity contribution in [2.45, 2.75) is 6.43 Å². The van der Waals surface area contributed by atoms with Gasteiger partial charge in [-0.3, -0.25) is 4.79 Å². The fourth-order valence-electron chi connectivity index (χ4n) is 2.81. The lowest BCUT2D eigenvalue weighted by molar-refractivity contribution is 0.102. The van der Waals surface area contributed by atoms with Crippen LogP contribution in [0.2, 0.25) is 0 Å². The largest absolute Gasteiger partial charge is 0.321 e. The molecule has 0 fully saturated rings. The first-order valence-electron chi connectivity index (χ1n) is 8.32. The van der Waals surface area contributed by atoms with E-state index in [-0.39, 0.29) is 16.9 Å². The molecule has 28 heavy (non-hydrogen) atoms. The van der Waals surface area contributed by atoms with Gasteiger partial charge in [0.1, 0.15) is 11.3 Å². The molecule has 0 atom stereocenters. The van der Waals surface area contributed by atoms with Gasteiger partial charge in [0, 0.05) is 10.0 Å². The lowest BCUT2D eigenvalue weighted by Gasteiger charge is -2.09. The molecule has 0 spiro atoms. The van der Waals surface area contributed by atoms with E-state index in [4.69, 9.17) is 0 Å². The Bertz CT molecular complexity index is 1160. The van der Waals surface area contributed by atoms with Crippen LogP contribution in [0.15, 0.2) is 71.3 Å². The van der Waals surface area contributed by atoms with Gasteiger partial charge in [-0.1, -0.05) is 42.5 Å². The van der Waals surface area contributed by atoms with E-state index in [1.54, 1.807) is 42.5 Å². The Morgan fingerprint density at radius 1 is 1.07 bits per heavy atom. The summed E-state index contributed by atoms with van der Waals surface area (Å²) in [5, 5.41) is 6.71. The van der Waals surface area contributed by atoms with E-state index >= 15 is 0 Å². The van der Waals surface area contributed by atoms with Gasteiger partial charge < -0.3 is 5.32 Å². The van der Waals surface area contributed by atoms with E-state index < -0.39 is 12.3 Å². The van der Waals surface area contributed by atoms with Crippen LogP contribution in [0.25, 0.3) is 16.9 Å². The summed E-state index contributed by atoms with van der Waals surface area (Å²) in [5.41, 5.74) is 1.42. The number of aromatic nitrogens is 3. The molecule has 1 amide bonds. The molecule has 0 aliphatic rings. The number of nitrogens with one attached hydrogen (secondary N) is 1. The van der Waals surface area contributed by atoms with Crippen molar-refractivity contribution in [1.29, 1.82) is 0 Å². The molecule has 0 unspecified atom stereocenters. The Balaban J connectivity index is 1.82. The van der Waals surface area contributed by atoms with Gasteiger partial charge in [-0.2, -0.15) is 5.10 Å². The number of carbonyl (C=O) groups excluding carboxylic acids is 1. The Hall–Kier alpha value is -3.13. The second kappa shape index (κ2) is 7.47. The molecule has 0 saturated carbocycles. The van der Waals surface area contributed by atoms with Crippen molar-refractivity contribution >= 4 is 33.2 Å². The molecule has 1 N–H and O–H groups in total. The highest BCUT2D eigenvalue weighted by Gasteiger charge is 2.22. The molecule has 2 aromatic heterocycles. The smallest absolute Gasteiger partial charge is 0.280 e. The number of nitrogens with zero attached hydrogens (tertiary/aromatic N) is 3. The maximum Gasteiger partial charge on any atom is 0.280 e. The Kier molecular flexibility index (Phi) is 4.87. The first-order valence-corrected chi connectivity index (χ1v) is 9.12. The average Bonchev–Trinajstić information content (AvgIpc) is 3.13. The van der Waals surface area contributed by atoms with Crippen LogP contribution in [0.1, 0.15) is 22.5 Å². The summed E-state index contributed by atoms with van der Waals surface area (Å²) in [6.45, 7) is 0. The monoisotopic (exact) mass is 442 g/mol. The first kappa shape index (κ1) is 18.2. The van der Waals surface area contributed by atoms with Crippen molar-refractivity contribution in [1.82, 2.24) is 14.6 Å². The van der Waals surface area contributed by atoms with E-state index in [1.165, 1.54) is 12.3 Å². The second-order valence-corrected chi connectivity index (χ2v) is 6.81. The maximum absolute atomic E-state index is 13.6. The molecular weight excluding hydrogens is 430 g/mol. The maximum atomic E-state index is 13.6. The minimum atomic E-state index is -2.77. The van der Waals surface area contributed by atoms with Crippen molar-refractivity contribution in [3.8, 4) is 11.3 Å². The van der Waals surface area contributed by atoms with Gasteiger partial charge in [0.05, 0.1) is 17.6 Å². The van der Waals surface area contributed by atoms with Crippen molar-refractivity contribution < 1.29 is 13.6 Å². The molecule has 140 valence electrons. The van der Waals surface area contributed by atoms with Crippen LogP contribution in [-0.4, -0.2) is 20.5 Å². The van der Waals surface area contributed by atoms with Gasteiger partial charge in [0.25, 0.3) is 12.3 Å². The van der Waals surface area contributed by atoms with Crippen molar-refractivity contribution in [3.05, 3.63) is 82.6 Å². The van der Waals surface area contributed by atoms with Crippen LogP contribution < -0.4 is 5.32 Å². The summed E-state index contributed by atoms with van der Waals surface area (Å²) in [5.74, 6) is -0.486. The third kappa shape index (κ3) is 3.38. The molecule has 0 bridgehead atoms.